The standard InChI is InChI=1S/C29H26O6S2/c1-18-9-11-20(3)26(15-18)36(32,33)22-13-14-24(23-7-5-6-8-25(23)29(30)31)28(17-22)37(34,35)27-16-19(2)10-12-21(27)4/h5-17H,1-4H3,(H,30,31)/p-1. The molecule has 8 heteroatoms. The van der Waals surface area contributed by atoms with Crippen molar-refractivity contribution in [2.75, 3.05) is 0 Å². The number of carbonyl (C=O) groups is 1. The molecule has 6 nitrogen and oxygen atoms in total. The molecule has 190 valence electrons. The van der Waals surface area contributed by atoms with Crippen molar-refractivity contribution in [1.82, 2.24) is 0 Å². The highest BCUT2D eigenvalue weighted by Gasteiger charge is 2.29. The minimum absolute atomic E-state index is 0.0148. The van der Waals surface area contributed by atoms with E-state index < -0.39 is 25.6 Å². The molecule has 0 fully saturated rings. The zero-order valence-electron chi connectivity index (χ0n) is 20.8. The molecule has 0 saturated carbocycles. The summed E-state index contributed by atoms with van der Waals surface area (Å²) >= 11 is 0. The van der Waals surface area contributed by atoms with E-state index in [4.69, 9.17) is 0 Å². The van der Waals surface area contributed by atoms with Gasteiger partial charge < -0.3 is 9.90 Å². The summed E-state index contributed by atoms with van der Waals surface area (Å²) < 4.78 is 55.5. The second-order valence-corrected chi connectivity index (χ2v) is 12.8. The van der Waals surface area contributed by atoms with Crippen LogP contribution in [0.25, 0.3) is 11.1 Å². The molecule has 0 aliphatic carbocycles. The van der Waals surface area contributed by atoms with Gasteiger partial charge in [0.15, 0.2) is 0 Å². The van der Waals surface area contributed by atoms with Crippen LogP contribution in [0.2, 0.25) is 0 Å². The van der Waals surface area contributed by atoms with Crippen LogP contribution in [0.3, 0.4) is 0 Å². The Balaban J connectivity index is 2.08. The Morgan fingerprint density at radius 3 is 1.70 bits per heavy atom. The Bertz CT molecular complexity index is 1770. The van der Waals surface area contributed by atoms with Gasteiger partial charge in [-0.2, -0.15) is 0 Å². The molecule has 0 unspecified atom stereocenters. The minimum atomic E-state index is -4.27. The number of sulfone groups is 2. The Hall–Kier alpha value is -3.75. The van der Waals surface area contributed by atoms with E-state index >= 15 is 0 Å². The van der Waals surface area contributed by atoms with Crippen molar-refractivity contribution in [1.29, 1.82) is 0 Å². The lowest BCUT2D eigenvalue weighted by atomic mass is 10.00. The van der Waals surface area contributed by atoms with Gasteiger partial charge in [0.2, 0.25) is 19.7 Å². The van der Waals surface area contributed by atoms with Crippen LogP contribution in [0.15, 0.2) is 98.4 Å². The number of hydrogen-bond donors (Lipinski definition) is 0. The van der Waals surface area contributed by atoms with E-state index in [0.717, 1.165) is 11.6 Å². The molecule has 0 aliphatic heterocycles. The number of rotatable bonds is 6. The molecular formula is C29H25O6S2-. The van der Waals surface area contributed by atoms with Crippen molar-refractivity contribution < 1.29 is 26.7 Å². The summed E-state index contributed by atoms with van der Waals surface area (Å²) in [7, 11) is -8.37. The number of carboxylic acid groups (broad SMARTS) is 1. The molecule has 37 heavy (non-hydrogen) atoms. The molecule has 0 atom stereocenters. The monoisotopic (exact) mass is 533 g/mol. The van der Waals surface area contributed by atoms with Gasteiger partial charge in [0.1, 0.15) is 0 Å². The minimum Gasteiger partial charge on any atom is -0.545 e. The molecule has 0 radical (unpaired) electrons. The lowest BCUT2D eigenvalue weighted by Crippen LogP contribution is -2.23. The highest BCUT2D eigenvalue weighted by molar-refractivity contribution is 7.92. The molecule has 0 saturated heterocycles. The molecular weight excluding hydrogens is 508 g/mol. The predicted molar refractivity (Wildman–Crippen MR) is 139 cm³/mol. The fourth-order valence-corrected chi connectivity index (χ4v) is 7.75. The van der Waals surface area contributed by atoms with E-state index in [-0.39, 0.29) is 36.3 Å². The highest BCUT2D eigenvalue weighted by Crippen LogP contribution is 2.37. The van der Waals surface area contributed by atoms with Gasteiger partial charge in [0.05, 0.1) is 25.6 Å². The van der Waals surface area contributed by atoms with Crippen LogP contribution in [0.5, 0.6) is 0 Å². The van der Waals surface area contributed by atoms with Crippen LogP contribution in [0, 0.1) is 27.7 Å². The lowest BCUT2D eigenvalue weighted by Gasteiger charge is -2.18. The molecule has 0 bridgehead atoms. The summed E-state index contributed by atoms with van der Waals surface area (Å²) in [5.74, 6) is -1.47. The van der Waals surface area contributed by atoms with Crippen LogP contribution < -0.4 is 5.11 Å². The quantitative estimate of drug-likeness (QED) is 0.358. The van der Waals surface area contributed by atoms with Crippen molar-refractivity contribution in [3.63, 3.8) is 0 Å². The third kappa shape index (κ3) is 4.82. The van der Waals surface area contributed by atoms with Crippen LogP contribution in [0.4, 0.5) is 0 Å². The molecule has 0 aromatic heterocycles. The number of aromatic carboxylic acids is 1. The maximum absolute atomic E-state index is 14.1. The van der Waals surface area contributed by atoms with Crippen molar-refractivity contribution in [3.8, 4) is 11.1 Å². The first kappa shape index (κ1) is 26.3. The van der Waals surface area contributed by atoms with Crippen molar-refractivity contribution in [2.45, 2.75) is 47.3 Å². The third-order valence-electron chi connectivity index (χ3n) is 6.26. The van der Waals surface area contributed by atoms with Crippen molar-refractivity contribution in [2.24, 2.45) is 0 Å². The number of carboxylic acids is 1. The van der Waals surface area contributed by atoms with E-state index in [1.165, 1.54) is 36.4 Å². The normalized spacial score (nSPS) is 11.9. The van der Waals surface area contributed by atoms with E-state index in [2.05, 4.69) is 0 Å². The van der Waals surface area contributed by atoms with Gasteiger partial charge in [-0.15, -0.1) is 0 Å². The number of benzene rings is 4. The summed E-state index contributed by atoms with van der Waals surface area (Å²) in [4.78, 5) is 11.4. The fourth-order valence-electron chi connectivity index (χ4n) is 4.25. The Morgan fingerprint density at radius 1 is 0.595 bits per heavy atom. The Labute approximate surface area is 217 Å². The average molecular weight is 534 g/mol. The first-order valence-electron chi connectivity index (χ1n) is 11.4. The highest BCUT2D eigenvalue weighted by atomic mass is 32.2. The zero-order valence-corrected chi connectivity index (χ0v) is 22.4. The van der Waals surface area contributed by atoms with Gasteiger partial charge in [-0.25, -0.2) is 16.8 Å². The fraction of sp³-hybridized carbons (Fsp3) is 0.138. The van der Waals surface area contributed by atoms with Gasteiger partial charge in [0, 0.05) is 11.1 Å². The summed E-state index contributed by atoms with van der Waals surface area (Å²) in [5, 5.41) is 11.8. The first-order chi connectivity index (χ1) is 17.3. The molecule has 4 aromatic carbocycles. The van der Waals surface area contributed by atoms with Crippen LogP contribution >= 0.6 is 0 Å². The summed E-state index contributed by atoms with van der Waals surface area (Å²) in [5.41, 5.74) is 2.43. The van der Waals surface area contributed by atoms with E-state index in [9.17, 15) is 26.7 Å². The topological polar surface area (TPSA) is 108 Å². The third-order valence-corrected chi connectivity index (χ3v) is 10.1. The summed E-state index contributed by atoms with van der Waals surface area (Å²) in [6.07, 6.45) is 0. The lowest BCUT2D eigenvalue weighted by molar-refractivity contribution is -0.254. The van der Waals surface area contributed by atoms with Crippen LogP contribution in [-0.4, -0.2) is 22.8 Å². The zero-order chi connectivity index (χ0) is 27.1. The molecule has 0 N–H and O–H groups in total. The van der Waals surface area contributed by atoms with Gasteiger partial charge in [-0.3, -0.25) is 0 Å². The molecule has 0 aliphatic rings. The van der Waals surface area contributed by atoms with Gasteiger partial charge in [-0.1, -0.05) is 54.6 Å². The number of hydrogen-bond acceptors (Lipinski definition) is 6. The Morgan fingerprint density at radius 2 is 1.14 bits per heavy atom. The van der Waals surface area contributed by atoms with Crippen molar-refractivity contribution in [3.05, 3.63) is 107 Å². The van der Waals surface area contributed by atoms with Gasteiger partial charge in [-0.05, 0) is 79.8 Å². The Kier molecular flexibility index (Phi) is 6.83. The SMILES string of the molecule is Cc1ccc(C)c(S(=O)(=O)c2ccc(-c3ccccc3C(=O)[O-])c(S(=O)(=O)c3cc(C)ccc3C)c2)c1. The van der Waals surface area contributed by atoms with Crippen LogP contribution in [-0.2, 0) is 19.7 Å². The second-order valence-electron chi connectivity index (χ2n) is 9.04. The summed E-state index contributed by atoms with van der Waals surface area (Å²) in [6, 6.07) is 19.7. The van der Waals surface area contributed by atoms with E-state index in [1.807, 2.05) is 0 Å². The predicted octanol–water partition coefficient (Wildman–Crippen LogP) is 4.62. The maximum Gasteiger partial charge on any atom is 0.207 e. The van der Waals surface area contributed by atoms with Crippen molar-refractivity contribution >= 4 is 25.6 Å². The first-order valence-corrected chi connectivity index (χ1v) is 14.4. The second kappa shape index (κ2) is 9.61. The number of carbonyl (C=O) groups excluding carboxylic acids is 1. The largest absolute Gasteiger partial charge is 0.545 e. The van der Waals surface area contributed by atoms with E-state index in [1.54, 1.807) is 64.1 Å². The number of aryl methyl sites for hydroxylation is 4. The smallest absolute Gasteiger partial charge is 0.207 e. The summed E-state index contributed by atoms with van der Waals surface area (Å²) in [6.45, 7) is 6.85. The van der Waals surface area contributed by atoms with Crippen LogP contribution in [0.1, 0.15) is 32.6 Å². The maximum atomic E-state index is 14.1. The average Bonchev–Trinajstić information content (AvgIpc) is 2.86. The van der Waals surface area contributed by atoms with Gasteiger partial charge in [0.25, 0.3) is 0 Å². The van der Waals surface area contributed by atoms with Gasteiger partial charge >= 0.3 is 0 Å². The molecule has 0 heterocycles. The molecule has 4 rings (SSSR count). The van der Waals surface area contributed by atoms with E-state index in [0.29, 0.717) is 16.7 Å². The molecule has 0 spiro atoms. The molecule has 4 aromatic rings. The molecule has 0 amide bonds.